The van der Waals surface area contributed by atoms with E-state index < -0.39 is 6.04 Å². The Bertz CT molecular complexity index is 707. The van der Waals surface area contributed by atoms with Crippen LogP contribution in [0.5, 0.6) is 0 Å². The number of aryl methyl sites for hydroxylation is 1. The Labute approximate surface area is 189 Å². The molecular formula is C26H42N2O3. The highest BCUT2D eigenvalue weighted by Gasteiger charge is 2.34. The Morgan fingerprint density at radius 2 is 1.58 bits per heavy atom. The molecule has 1 fully saturated rings. The molecule has 2 amide bonds. The second-order valence-corrected chi connectivity index (χ2v) is 9.76. The van der Waals surface area contributed by atoms with Crippen LogP contribution in [0.3, 0.4) is 0 Å². The number of benzene rings is 1. The standard InChI is InChI=1S/C18H32N2O3.C8H10/c1-7-15(21)20-11-10-19(16(22)12-18(4,5)6)9-8-14(20)17(23)13(2)3;1-2-8-6-4-3-5-7-8/h13-14H,7-12H2,1-6H3;3-7H,2H2,1H3. The van der Waals surface area contributed by atoms with Gasteiger partial charge in [-0.15, -0.1) is 0 Å². The molecule has 1 aromatic carbocycles. The second kappa shape index (κ2) is 12.6. The quantitative estimate of drug-likeness (QED) is 0.678. The van der Waals surface area contributed by atoms with Crippen LogP contribution in [0.2, 0.25) is 0 Å². The first-order chi connectivity index (χ1) is 14.5. The lowest BCUT2D eigenvalue weighted by molar-refractivity contribution is -0.140. The molecule has 174 valence electrons. The van der Waals surface area contributed by atoms with E-state index in [1.807, 2.05) is 52.5 Å². The third-order valence-corrected chi connectivity index (χ3v) is 5.47. The molecule has 0 radical (unpaired) electrons. The Morgan fingerprint density at radius 1 is 0.968 bits per heavy atom. The first-order valence-electron chi connectivity index (χ1n) is 11.6. The first-order valence-corrected chi connectivity index (χ1v) is 11.6. The molecule has 1 aliphatic rings. The topological polar surface area (TPSA) is 57.7 Å². The maximum Gasteiger partial charge on any atom is 0.223 e. The summed E-state index contributed by atoms with van der Waals surface area (Å²) in [7, 11) is 0. The molecule has 0 saturated carbocycles. The van der Waals surface area contributed by atoms with Gasteiger partial charge in [0.15, 0.2) is 5.78 Å². The summed E-state index contributed by atoms with van der Waals surface area (Å²) < 4.78 is 0. The van der Waals surface area contributed by atoms with Crippen molar-refractivity contribution >= 4 is 17.6 Å². The van der Waals surface area contributed by atoms with E-state index in [0.717, 1.165) is 6.42 Å². The fourth-order valence-electron chi connectivity index (χ4n) is 3.64. The molecule has 31 heavy (non-hydrogen) atoms. The zero-order valence-electron chi connectivity index (χ0n) is 20.6. The summed E-state index contributed by atoms with van der Waals surface area (Å²) in [6.07, 6.45) is 2.55. The third kappa shape index (κ3) is 9.24. The van der Waals surface area contributed by atoms with E-state index in [2.05, 4.69) is 31.2 Å². The van der Waals surface area contributed by atoms with E-state index >= 15 is 0 Å². The first kappa shape index (κ1) is 26.9. The average molecular weight is 431 g/mol. The van der Waals surface area contributed by atoms with Gasteiger partial charge in [-0.1, -0.05) is 78.8 Å². The molecule has 0 N–H and O–H groups in total. The number of carbonyl (C=O) groups excluding carboxylic acids is 3. The number of amides is 2. The Balaban J connectivity index is 0.000000500. The van der Waals surface area contributed by atoms with E-state index in [0.29, 0.717) is 38.9 Å². The van der Waals surface area contributed by atoms with Crippen LogP contribution in [0.4, 0.5) is 0 Å². The molecule has 2 rings (SSSR count). The van der Waals surface area contributed by atoms with Gasteiger partial charge in [0.1, 0.15) is 0 Å². The highest BCUT2D eigenvalue weighted by atomic mass is 16.2. The largest absolute Gasteiger partial charge is 0.341 e. The van der Waals surface area contributed by atoms with Crippen LogP contribution >= 0.6 is 0 Å². The van der Waals surface area contributed by atoms with Crippen LogP contribution < -0.4 is 0 Å². The lowest BCUT2D eigenvalue weighted by Gasteiger charge is -2.29. The predicted molar refractivity (Wildman–Crippen MR) is 127 cm³/mol. The molecule has 5 nitrogen and oxygen atoms in total. The molecular weight excluding hydrogens is 388 g/mol. The van der Waals surface area contributed by atoms with Crippen LogP contribution in [0.1, 0.15) is 73.3 Å². The van der Waals surface area contributed by atoms with Gasteiger partial charge in [-0.25, -0.2) is 0 Å². The van der Waals surface area contributed by atoms with Gasteiger partial charge < -0.3 is 9.80 Å². The van der Waals surface area contributed by atoms with E-state index in [4.69, 9.17) is 0 Å². The van der Waals surface area contributed by atoms with Gasteiger partial charge in [-0.2, -0.15) is 0 Å². The van der Waals surface area contributed by atoms with Crippen LogP contribution in [0.15, 0.2) is 30.3 Å². The second-order valence-electron chi connectivity index (χ2n) is 9.76. The zero-order valence-corrected chi connectivity index (χ0v) is 20.6. The van der Waals surface area contributed by atoms with Gasteiger partial charge in [0, 0.05) is 38.4 Å². The minimum absolute atomic E-state index is 0.00544. The van der Waals surface area contributed by atoms with Crippen molar-refractivity contribution in [2.45, 2.75) is 80.2 Å². The van der Waals surface area contributed by atoms with Crippen molar-refractivity contribution in [3.05, 3.63) is 35.9 Å². The van der Waals surface area contributed by atoms with Crippen molar-refractivity contribution < 1.29 is 14.4 Å². The van der Waals surface area contributed by atoms with E-state index in [-0.39, 0.29) is 28.9 Å². The Kier molecular flexibility index (Phi) is 10.9. The van der Waals surface area contributed by atoms with Crippen molar-refractivity contribution in [2.75, 3.05) is 19.6 Å². The Hall–Kier alpha value is -2.17. The van der Waals surface area contributed by atoms with Gasteiger partial charge in [-0.3, -0.25) is 14.4 Å². The van der Waals surface area contributed by atoms with Crippen molar-refractivity contribution in [1.29, 1.82) is 0 Å². The molecule has 1 aliphatic heterocycles. The van der Waals surface area contributed by atoms with Crippen molar-refractivity contribution in [3.63, 3.8) is 0 Å². The summed E-state index contributed by atoms with van der Waals surface area (Å²) in [5.74, 6) is 0.0917. The van der Waals surface area contributed by atoms with Crippen molar-refractivity contribution in [1.82, 2.24) is 9.80 Å². The van der Waals surface area contributed by atoms with E-state index in [1.165, 1.54) is 5.56 Å². The molecule has 1 aromatic rings. The lowest BCUT2D eigenvalue weighted by Crippen LogP contribution is -2.46. The lowest BCUT2D eigenvalue weighted by atomic mass is 9.91. The van der Waals surface area contributed by atoms with Gasteiger partial charge in [0.05, 0.1) is 6.04 Å². The monoisotopic (exact) mass is 430 g/mol. The number of ketones is 1. The number of carbonyl (C=O) groups is 3. The van der Waals surface area contributed by atoms with Gasteiger partial charge in [0.25, 0.3) is 0 Å². The number of nitrogens with zero attached hydrogens (tertiary/aromatic N) is 2. The van der Waals surface area contributed by atoms with Crippen LogP contribution in [0.25, 0.3) is 0 Å². The summed E-state index contributed by atoms with van der Waals surface area (Å²) in [5.41, 5.74) is 1.35. The molecule has 1 saturated heterocycles. The number of Topliss-reactive ketones (excluding diaryl/α,β-unsaturated/α-hetero) is 1. The summed E-state index contributed by atoms with van der Waals surface area (Å²) in [4.78, 5) is 40.7. The van der Waals surface area contributed by atoms with Gasteiger partial charge in [0.2, 0.25) is 11.8 Å². The van der Waals surface area contributed by atoms with Crippen LogP contribution in [-0.2, 0) is 20.8 Å². The number of hydrogen-bond acceptors (Lipinski definition) is 3. The van der Waals surface area contributed by atoms with Crippen molar-refractivity contribution in [2.24, 2.45) is 11.3 Å². The minimum Gasteiger partial charge on any atom is -0.341 e. The molecule has 0 aromatic heterocycles. The van der Waals surface area contributed by atoms with Gasteiger partial charge in [-0.05, 0) is 23.8 Å². The molecule has 1 atom stereocenters. The van der Waals surface area contributed by atoms with Crippen LogP contribution in [-0.4, -0.2) is 53.1 Å². The molecule has 0 bridgehead atoms. The molecule has 1 unspecified atom stereocenters. The molecule has 5 heteroatoms. The van der Waals surface area contributed by atoms with E-state index in [9.17, 15) is 14.4 Å². The summed E-state index contributed by atoms with van der Waals surface area (Å²) in [6.45, 7) is 15.3. The fourth-order valence-corrected chi connectivity index (χ4v) is 3.64. The van der Waals surface area contributed by atoms with Crippen LogP contribution in [0, 0.1) is 11.3 Å². The van der Waals surface area contributed by atoms with Gasteiger partial charge >= 0.3 is 0 Å². The summed E-state index contributed by atoms with van der Waals surface area (Å²) in [5, 5.41) is 0. The number of hydrogen-bond donors (Lipinski definition) is 0. The molecule has 1 heterocycles. The maximum atomic E-state index is 12.5. The maximum absolute atomic E-state index is 12.5. The normalized spacial score (nSPS) is 17.0. The zero-order chi connectivity index (χ0) is 23.6. The minimum atomic E-state index is -0.394. The number of rotatable bonds is 5. The van der Waals surface area contributed by atoms with E-state index in [1.54, 1.807) is 4.90 Å². The summed E-state index contributed by atoms with van der Waals surface area (Å²) in [6, 6.07) is 10.1. The highest BCUT2D eigenvalue weighted by Crippen LogP contribution is 2.22. The molecule has 0 aliphatic carbocycles. The SMILES string of the molecule is CCC(=O)N1CCN(C(=O)CC(C)(C)C)CCC1C(=O)C(C)C.CCc1ccccc1. The Morgan fingerprint density at radius 3 is 2.03 bits per heavy atom. The average Bonchev–Trinajstić information content (AvgIpc) is 2.95. The summed E-state index contributed by atoms with van der Waals surface area (Å²) >= 11 is 0. The molecule has 0 spiro atoms. The fraction of sp³-hybridized carbons (Fsp3) is 0.654. The predicted octanol–water partition coefficient (Wildman–Crippen LogP) is 4.74. The highest BCUT2D eigenvalue weighted by molar-refractivity contribution is 5.90. The third-order valence-electron chi connectivity index (χ3n) is 5.47. The smallest absolute Gasteiger partial charge is 0.223 e. The van der Waals surface area contributed by atoms with Crippen molar-refractivity contribution in [3.8, 4) is 0 Å².